The van der Waals surface area contributed by atoms with Crippen LogP contribution < -0.4 is 0 Å². The van der Waals surface area contributed by atoms with Crippen molar-refractivity contribution in [2.45, 2.75) is 64.6 Å². The molecular weight excluding hydrogens is 408 g/mol. The Labute approximate surface area is 190 Å². The lowest BCUT2D eigenvalue weighted by atomic mass is 9.98. The minimum absolute atomic E-state index is 0.288. The first kappa shape index (κ1) is 25.2. The molecule has 6 heteroatoms. The summed E-state index contributed by atoms with van der Waals surface area (Å²) >= 11 is 0. The lowest BCUT2D eigenvalue weighted by molar-refractivity contribution is -0.0556. The van der Waals surface area contributed by atoms with Crippen LogP contribution >= 0.6 is 0 Å². The Morgan fingerprint density at radius 3 is 1.38 bits per heavy atom. The second-order valence-electron chi connectivity index (χ2n) is 7.60. The van der Waals surface area contributed by atoms with Gasteiger partial charge in [-0.1, -0.05) is 87.4 Å². The van der Waals surface area contributed by atoms with Crippen molar-refractivity contribution in [1.82, 2.24) is 0 Å². The van der Waals surface area contributed by atoms with Crippen molar-refractivity contribution in [3.63, 3.8) is 0 Å². The maximum absolute atomic E-state index is 12.4. The molecule has 32 heavy (non-hydrogen) atoms. The van der Waals surface area contributed by atoms with Crippen LogP contribution in [0.1, 0.15) is 50.7 Å². The second kappa shape index (κ2) is 14.9. The summed E-state index contributed by atoms with van der Waals surface area (Å²) in [4.78, 5) is 24.7. The number of rotatable bonds is 13. The van der Waals surface area contributed by atoms with Gasteiger partial charge in [0.25, 0.3) is 0 Å². The Balaban J connectivity index is 2.19. The van der Waals surface area contributed by atoms with Crippen molar-refractivity contribution in [3.8, 4) is 0 Å². The highest BCUT2D eigenvalue weighted by molar-refractivity contribution is 5.61. The summed E-state index contributed by atoms with van der Waals surface area (Å²) in [6.45, 7) is 4.61. The van der Waals surface area contributed by atoms with Gasteiger partial charge in [0.2, 0.25) is 0 Å². The van der Waals surface area contributed by atoms with E-state index < -0.39 is 24.5 Å². The van der Waals surface area contributed by atoms with Crippen molar-refractivity contribution in [1.29, 1.82) is 0 Å². The van der Waals surface area contributed by atoms with E-state index in [0.717, 1.165) is 36.8 Å². The Morgan fingerprint density at radius 1 is 0.656 bits per heavy atom. The van der Waals surface area contributed by atoms with Crippen molar-refractivity contribution < 1.29 is 28.5 Å². The van der Waals surface area contributed by atoms with Gasteiger partial charge in [-0.25, -0.2) is 9.59 Å². The molecule has 2 aromatic rings. The summed E-state index contributed by atoms with van der Waals surface area (Å²) in [5.74, 6) is 0. The third-order valence-corrected chi connectivity index (χ3v) is 4.90. The lowest BCUT2D eigenvalue weighted by Gasteiger charge is -2.27. The average Bonchev–Trinajstić information content (AvgIpc) is 2.80. The number of benzene rings is 2. The number of carbonyl (C=O) groups is 2. The molecule has 0 fully saturated rings. The maximum Gasteiger partial charge on any atom is 0.508 e. The molecule has 0 amide bonds. The third kappa shape index (κ3) is 9.86. The fourth-order valence-electron chi connectivity index (χ4n) is 3.11. The molecule has 0 saturated carbocycles. The van der Waals surface area contributed by atoms with Gasteiger partial charge in [-0.2, -0.15) is 0 Å². The third-order valence-electron chi connectivity index (χ3n) is 4.90. The first-order valence-corrected chi connectivity index (χ1v) is 11.4. The molecule has 0 heterocycles. The van der Waals surface area contributed by atoms with Crippen LogP contribution in [0.15, 0.2) is 60.7 Å². The number of hydrogen-bond acceptors (Lipinski definition) is 6. The van der Waals surface area contributed by atoms with Gasteiger partial charge in [0, 0.05) is 12.8 Å². The average molecular weight is 443 g/mol. The van der Waals surface area contributed by atoms with Crippen LogP contribution in [0, 0.1) is 0 Å². The molecule has 0 saturated heterocycles. The zero-order valence-electron chi connectivity index (χ0n) is 19.0. The molecule has 0 radical (unpaired) electrons. The molecule has 0 aliphatic carbocycles. The van der Waals surface area contributed by atoms with E-state index in [1.54, 1.807) is 0 Å². The highest BCUT2D eigenvalue weighted by Crippen LogP contribution is 2.18. The molecule has 0 aliphatic rings. The van der Waals surface area contributed by atoms with Gasteiger partial charge in [-0.15, -0.1) is 0 Å². The van der Waals surface area contributed by atoms with Gasteiger partial charge < -0.3 is 18.9 Å². The standard InChI is InChI=1S/C26H34O6/c1-3-5-17-29-25(27)31-23(19-21-13-9-7-10-14-21)24(20-22-15-11-8-12-16-22)32-26(28)30-18-6-4-2/h7-16,23-24H,3-6,17-20H2,1-2H3. The van der Waals surface area contributed by atoms with Crippen LogP contribution in [0.2, 0.25) is 0 Å². The number of unbranched alkanes of at least 4 members (excludes halogenated alkanes) is 2. The van der Waals surface area contributed by atoms with E-state index in [9.17, 15) is 9.59 Å². The molecule has 2 atom stereocenters. The van der Waals surface area contributed by atoms with Crippen LogP contribution in [-0.4, -0.2) is 37.7 Å². The quantitative estimate of drug-likeness (QED) is 0.275. The Bertz CT molecular complexity index is 710. The molecule has 0 aliphatic heterocycles. The number of ether oxygens (including phenoxy) is 4. The van der Waals surface area contributed by atoms with Crippen LogP contribution in [0.3, 0.4) is 0 Å². The normalized spacial score (nSPS) is 12.4. The largest absolute Gasteiger partial charge is 0.508 e. The van der Waals surface area contributed by atoms with Crippen molar-refractivity contribution in [2.24, 2.45) is 0 Å². The highest BCUT2D eigenvalue weighted by Gasteiger charge is 2.31. The number of hydrogen-bond donors (Lipinski definition) is 0. The minimum atomic E-state index is -0.764. The molecular formula is C26H34O6. The highest BCUT2D eigenvalue weighted by atomic mass is 16.8. The van der Waals surface area contributed by atoms with Crippen LogP contribution in [0.5, 0.6) is 0 Å². The first-order chi connectivity index (χ1) is 15.6. The minimum Gasteiger partial charge on any atom is -0.434 e. The topological polar surface area (TPSA) is 71.1 Å². The summed E-state index contributed by atoms with van der Waals surface area (Å²) in [5, 5.41) is 0. The van der Waals surface area contributed by atoms with Gasteiger partial charge in [-0.05, 0) is 24.0 Å². The molecule has 6 nitrogen and oxygen atoms in total. The van der Waals surface area contributed by atoms with Crippen LogP contribution in [0.4, 0.5) is 9.59 Å². The molecule has 0 aromatic heterocycles. The molecule has 2 aromatic carbocycles. The summed E-state index contributed by atoms with van der Waals surface area (Å²) in [5.41, 5.74) is 1.92. The maximum atomic E-state index is 12.4. The van der Waals surface area contributed by atoms with Gasteiger partial charge in [0.1, 0.15) is 12.2 Å². The summed E-state index contributed by atoms with van der Waals surface area (Å²) in [7, 11) is 0. The van der Waals surface area contributed by atoms with E-state index in [1.165, 1.54) is 0 Å². The smallest absolute Gasteiger partial charge is 0.434 e. The monoisotopic (exact) mass is 442 g/mol. The second-order valence-corrected chi connectivity index (χ2v) is 7.60. The molecule has 2 unspecified atom stereocenters. The van der Waals surface area contributed by atoms with E-state index in [2.05, 4.69) is 0 Å². The van der Waals surface area contributed by atoms with E-state index in [0.29, 0.717) is 12.8 Å². The fourth-order valence-corrected chi connectivity index (χ4v) is 3.11. The van der Waals surface area contributed by atoms with Gasteiger partial charge in [0.15, 0.2) is 0 Å². The summed E-state index contributed by atoms with van der Waals surface area (Å²) in [6, 6.07) is 19.3. The Kier molecular flexibility index (Phi) is 11.7. The van der Waals surface area contributed by atoms with Crippen molar-refractivity contribution in [3.05, 3.63) is 71.8 Å². The zero-order chi connectivity index (χ0) is 23.0. The van der Waals surface area contributed by atoms with E-state index in [4.69, 9.17) is 18.9 Å². The molecule has 0 bridgehead atoms. The molecule has 174 valence electrons. The van der Waals surface area contributed by atoms with E-state index in [1.807, 2.05) is 74.5 Å². The van der Waals surface area contributed by atoms with E-state index >= 15 is 0 Å². The molecule has 2 rings (SSSR count). The lowest BCUT2D eigenvalue weighted by Crippen LogP contribution is -2.39. The number of carbonyl (C=O) groups excluding carboxylic acids is 2. The van der Waals surface area contributed by atoms with Gasteiger partial charge in [-0.3, -0.25) is 0 Å². The zero-order valence-corrected chi connectivity index (χ0v) is 19.0. The van der Waals surface area contributed by atoms with Crippen molar-refractivity contribution >= 4 is 12.3 Å². The predicted molar refractivity (Wildman–Crippen MR) is 123 cm³/mol. The van der Waals surface area contributed by atoms with Crippen LogP contribution in [0.25, 0.3) is 0 Å². The fraction of sp³-hybridized carbons (Fsp3) is 0.462. The Morgan fingerprint density at radius 2 is 1.03 bits per heavy atom. The van der Waals surface area contributed by atoms with Crippen molar-refractivity contribution in [2.75, 3.05) is 13.2 Å². The van der Waals surface area contributed by atoms with Crippen LogP contribution in [-0.2, 0) is 31.8 Å². The predicted octanol–water partition coefficient (Wildman–Crippen LogP) is 6.12. The van der Waals surface area contributed by atoms with Gasteiger partial charge >= 0.3 is 12.3 Å². The Hall–Kier alpha value is -3.02. The van der Waals surface area contributed by atoms with Gasteiger partial charge in [0.05, 0.1) is 13.2 Å². The SMILES string of the molecule is CCCCOC(=O)OC(Cc1ccccc1)C(Cc1ccccc1)OC(=O)OCCCC. The summed E-state index contributed by atoms with van der Waals surface area (Å²) < 4.78 is 21.7. The molecule has 0 spiro atoms. The molecule has 0 N–H and O–H groups in total. The first-order valence-electron chi connectivity index (χ1n) is 11.4. The van der Waals surface area contributed by atoms with E-state index in [-0.39, 0.29) is 13.2 Å². The summed E-state index contributed by atoms with van der Waals surface area (Å²) in [6.07, 6.45) is 1.09.